The highest BCUT2D eigenvalue weighted by molar-refractivity contribution is 6.32. The molecule has 210 valence electrons. The van der Waals surface area contributed by atoms with Gasteiger partial charge in [-0.3, -0.25) is 9.78 Å². The number of pyridine rings is 1. The Kier molecular flexibility index (Phi) is 7.56. The predicted molar refractivity (Wildman–Crippen MR) is 148 cm³/mol. The van der Waals surface area contributed by atoms with E-state index in [9.17, 15) is 14.7 Å². The Morgan fingerprint density at radius 3 is 2.62 bits per heavy atom. The van der Waals surface area contributed by atoms with Crippen molar-refractivity contribution in [3.63, 3.8) is 0 Å². The van der Waals surface area contributed by atoms with E-state index in [4.69, 9.17) is 16.3 Å². The number of aromatic nitrogens is 3. The molecule has 3 aliphatic heterocycles. The maximum absolute atomic E-state index is 13.6. The first-order valence-corrected chi connectivity index (χ1v) is 13.9. The first kappa shape index (κ1) is 27.4. The van der Waals surface area contributed by atoms with Crippen LogP contribution in [0, 0.1) is 5.41 Å². The lowest BCUT2D eigenvalue weighted by molar-refractivity contribution is -0.128. The molecule has 0 saturated carbocycles. The second kappa shape index (κ2) is 10.8. The third-order valence-electron chi connectivity index (χ3n) is 7.60. The summed E-state index contributed by atoms with van der Waals surface area (Å²) in [7, 11) is 0. The molecule has 5 heterocycles. The van der Waals surface area contributed by atoms with Gasteiger partial charge in [-0.2, -0.15) is 4.98 Å². The van der Waals surface area contributed by atoms with Crippen molar-refractivity contribution in [2.75, 3.05) is 47.8 Å². The molecule has 0 unspecified atom stereocenters. The van der Waals surface area contributed by atoms with Crippen LogP contribution in [0.3, 0.4) is 0 Å². The zero-order valence-electron chi connectivity index (χ0n) is 22.7. The second-order valence-electron chi connectivity index (χ2n) is 11.6. The first-order chi connectivity index (χ1) is 18.5. The zero-order valence-corrected chi connectivity index (χ0v) is 23.4. The molecule has 2 amide bonds. The summed E-state index contributed by atoms with van der Waals surface area (Å²) in [5.41, 5.74) is 0.319. The molecule has 0 aliphatic carbocycles. The highest BCUT2D eigenvalue weighted by Gasteiger charge is 2.49. The fourth-order valence-corrected chi connectivity index (χ4v) is 5.75. The number of piperidine rings is 2. The van der Waals surface area contributed by atoms with E-state index >= 15 is 0 Å². The molecule has 39 heavy (non-hydrogen) atoms. The van der Waals surface area contributed by atoms with Crippen molar-refractivity contribution >= 4 is 46.7 Å². The Bertz CT molecular complexity index is 1230. The van der Waals surface area contributed by atoms with E-state index in [2.05, 4.69) is 20.3 Å². The Morgan fingerprint density at radius 1 is 1.15 bits per heavy atom. The van der Waals surface area contributed by atoms with Crippen LogP contribution in [0.4, 0.5) is 27.9 Å². The van der Waals surface area contributed by atoms with E-state index in [-0.39, 0.29) is 12.0 Å². The van der Waals surface area contributed by atoms with Gasteiger partial charge in [-0.25, -0.2) is 9.78 Å². The van der Waals surface area contributed by atoms with Gasteiger partial charge in [0.25, 0.3) is 0 Å². The number of anilines is 4. The molecule has 2 N–H and O–H groups in total. The van der Waals surface area contributed by atoms with Crippen LogP contribution in [-0.2, 0) is 9.53 Å². The number of β-amino-alcohol motifs (C(OH)–C–C–N with tert-alkyl or cyclic N) is 1. The summed E-state index contributed by atoms with van der Waals surface area (Å²) >= 11 is 6.37. The number of rotatable bonds is 4. The molecular weight excluding hydrogens is 522 g/mol. The van der Waals surface area contributed by atoms with Crippen molar-refractivity contribution in [1.82, 2.24) is 19.9 Å². The van der Waals surface area contributed by atoms with E-state index in [1.807, 2.05) is 31.7 Å². The third kappa shape index (κ3) is 6.04. The van der Waals surface area contributed by atoms with Crippen LogP contribution in [0.2, 0.25) is 5.02 Å². The molecule has 3 saturated heterocycles. The number of aliphatic hydroxyl groups excluding tert-OH is 1. The van der Waals surface area contributed by atoms with Gasteiger partial charge in [0, 0.05) is 32.7 Å². The second-order valence-corrected chi connectivity index (χ2v) is 12.0. The third-order valence-corrected chi connectivity index (χ3v) is 7.86. The van der Waals surface area contributed by atoms with E-state index in [0.29, 0.717) is 67.2 Å². The minimum atomic E-state index is -0.549. The van der Waals surface area contributed by atoms with Crippen LogP contribution >= 0.6 is 11.6 Å². The maximum Gasteiger partial charge on any atom is 0.410 e. The average molecular weight is 558 g/mol. The molecule has 2 aromatic rings. The normalized spacial score (nSPS) is 21.4. The molecule has 0 aromatic carbocycles. The Morgan fingerprint density at radius 2 is 1.90 bits per heavy atom. The number of nitrogens with one attached hydrogen (secondary N) is 1. The Hall–Kier alpha value is -3.18. The first-order valence-electron chi connectivity index (χ1n) is 13.5. The minimum Gasteiger partial charge on any atom is -0.444 e. The fraction of sp³-hybridized carbons (Fsp3) is 0.593. The van der Waals surface area contributed by atoms with Gasteiger partial charge < -0.3 is 29.9 Å². The van der Waals surface area contributed by atoms with E-state index in [1.165, 1.54) is 0 Å². The quantitative estimate of drug-likeness (QED) is 0.574. The average Bonchev–Trinajstić information content (AvgIpc) is 3.20. The number of halogens is 1. The molecule has 3 fully saturated rings. The molecule has 0 bridgehead atoms. The van der Waals surface area contributed by atoms with Crippen LogP contribution < -0.4 is 15.1 Å². The van der Waals surface area contributed by atoms with Crippen molar-refractivity contribution in [3.05, 3.63) is 29.7 Å². The van der Waals surface area contributed by atoms with E-state index < -0.39 is 17.1 Å². The summed E-state index contributed by atoms with van der Waals surface area (Å²) in [6.45, 7) is 8.38. The van der Waals surface area contributed by atoms with Gasteiger partial charge in [-0.05, 0) is 58.9 Å². The predicted octanol–water partition coefficient (Wildman–Crippen LogP) is 3.98. The molecular formula is C27H36ClN7O4. The van der Waals surface area contributed by atoms with Gasteiger partial charge in [-0.15, -0.1) is 0 Å². The number of aliphatic hydroxyl groups is 1. The van der Waals surface area contributed by atoms with Gasteiger partial charge in [0.15, 0.2) is 5.82 Å². The summed E-state index contributed by atoms with van der Waals surface area (Å²) in [6, 6.07) is 1.86. The Balaban J connectivity index is 1.25. The van der Waals surface area contributed by atoms with Crippen molar-refractivity contribution < 1.29 is 19.4 Å². The van der Waals surface area contributed by atoms with Gasteiger partial charge in [0.1, 0.15) is 10.6 Å². The molecule has 1 spiro atoms. The summed E-state index contributed by atoms with van der Waals surface area (Å²) < 4.78 is 5.51. The van der Waals surface area contributed by atoms with Gasteiger partial charge in [0.05, 0.1) is 41.5 Å². The SMILES string of the molecule is CC(C)(C)OC(=O)N1CCC2(CC1)CCN(c1cncc(Nc3ncc(Cl)c(N4CCC[C@H](O)C4)n3)c1)C2=O. The summed E-state index contributed by atoms with van der Waals surface area (Å²) in [4.78, 5) is 44.8. The molecule has 1 atom stereocenters. The van der Waals surface area contributed by atoms with Crippen molar-refractivity contribution in [2.45, 2.75) is 64.6 Å². The number of carbonyl (C=O) groups excluding carboxylic acids is 2. The molecule has 11 nitrogen and oxygen atoms in total. The smallest absolute Gasteiger partial charge is 0.410 e. The van der Waals surface area contributed by atoms with Gasteiger partial charge >= 0.3 is 6.09 Å². The topological polar surface area (TPSA) is 124 Å². The molecule has 0 radical (unpaired) electrons. The van der Waals surface area contributed by atoms with Crippen LogP contribution in [0.15, 0.2) is 24.7 Å². The maximum atomic E-state index is 13.6. The number of carbonyl (C=O) groups is 2. The van der Waals surface area contributed by atoms with Gasteiger partial charge in [-0.1, -0.05) is 11.6 Å². The number of likely N-dealkylation sites (tertiary alicyclic amines) is 1. The lowest BCUT2D eigenvalue weighted by atomic mass is 9.77. The number of nitrogens with zero attached hydrogens (tertiary/aromatic N) is 6. The largest absolute Gasteiger partial charge is 0.444 e. The van der Waals surface area contributed by atoms with Crippen LogP contribution in [0.1, 0.15) is 52.9 Å². The number of hydrogen-bond acceptors (Lipinski definition) is 9. The van der Waals surface area contributed by atoms with Crippen molar-refractivity contribution in [1.29, 1.82) is 0 Å². The molecule has 12 heteroatoms. The lowest BCUT2D eigenvalue weighted by Gasteiger charge is -2.38. The van der Waals surface area contributed by atoms with Crippen LogP contribution in [0.25, 0.3) is 0 Å². The molecule has 2 aromatic heterocycles. The highest BCUT2D eigenvalue weighted by atomic mass is 35.5. The highest BCUT2D eigenvalue weighted by Crippen LogP contribution is 2.43. The summed E-state index contributed by atoms with van der Waals surface area (Å²) in [6.07, 6.45) is 7.72. The summed E-state index contributed by atoms with van der Waals surface area (Å²) in [5.74, 6) is 0.998. The minimum absolute atomic E-state index is 0.0685. The number of ether oxygens (including phenoxy) is 1. The van der Waals surface area contributed by atoms with Gasteiger partial charge in [0.2, 0.25) is 11.9 Å². The molecule has 3 aliphatic rings. The number of amides is 2. The Labute approximate surface area is 233 Å². The van der Waals surface area contributed by atoms with Crippen LogP contribution in [-0.4, -0.2) is 81.4 Å². The van der Waals surface area contributed by atoms with E-state index in [0.717, 1.165) is 25.8 Å². The van der Waals surface area contributed by atoms with Crippen molar-refractivity contribution in [2.24, 2.45) is 5.41 Å². The zero-order chi connectivity index (χ0) is 27.8. The summed E-state index contributed by atoms with van der Waals surface area (Å²) in [5, 5.41) is 13.7. The standard InChI is InChI=1S/C27H36ClN7O4/c1-26(2,3)39-25(38)33-10-6-27(7-11-33)8-12-35(23(27)37)19-13-18(14-29-15-19)31-24-30-16-21(28)22(32-24)34-9-4-5-20(36)17-34/h13-16,20,36H,4-12,17H2,1-3H3,(H,30,31,32)/t20-/m0/s1. The lowest BCUT2D eigenvalue weighted by Crippen LogP contribution is -2.48. The number of hydrogen-bond donors (Lipinski definition) is 2. The van der Waals surface area contributed by atoms with Crippen molar-refractivity contribution in [3.8, 4) is 0 Å². The molecule has 5 rings (SSSR count). The monoisotopic (exact) mass is 557 g/mol. The van der Waals surface area contributed by atoms with E-state index in [1.54, 1.807) is 28.4 Å². The fourth-order valence-electron chi connectivity index (χ4n) is 5.53. The van der Waals surface area contributed by atoms with Crippen LogP contribution in [0.5, 0.6) is 0 Å².